The second-order valence-electron chi connectivity index (χ2n) is 6.64. The molecule has 2 N–H and O–H groups in total. The van der Waals surface area contributed by atoms with Crippen LogP contribution in [0.5, 0.6) is 0 Å². The molecule has 1 atom stereocenters. The number of primary amides is 1. The lowest BCUT2D eigenvalue weighted by atomic mass is 10.1. The van der Waals surface area contributed by atoms with Crippen LogP contribution in [0.15, 0.2) is 30.5 Å². The largest absolute Gasteiger partial charge is 0.377 e. The fraction of sp³-hybridized carbons (Fsp3) is 0.526. The average molecular weight is 329 g/mol. The number of hydrogen-bond donors (Lipinski definition) is 1. The molecule has 1 aromatic heterocycles. The van der Waals surface area contributed by atoms with Crippen molar-refractivity contribution in [2.24, 2.45) is 5.73 Å². The number of ether oxygens (including phenoxy) is 1. The number of benzene rings is 1. The lowest BCUT2D eigenvalue weighted by molar-refractivity contribution is -0.118. The van der Waals surface area contributed by atoms with E-state index in [1.165, 1.54) is 17.4 Å². The van der Waals surface area contributed by atoms with Crippen molar-refractivity contribution in [2.45, 2.75) is 45.4 Å². The molecule has 1 fully saturated rings. The Balaban J connectivity index is 1.76. The number of para-hydroxylation sites is 1. The topological polar surface area (TPSA) is 60.5 Å². The van der Waals surface area contributed by atoms with Gasteiger partial charge in [-0.15, -0.1) is 0 Å². The predicted molar refractivity (Wildman–Crippen MR) is 95.7 cm³/mol. The monoisotopic (exact) mass is 329 g/mol. The third-order valence-electron chi connectivity index (χ3n) is 4.61. The highest BCUT2D eigenvalue weighted by molar-refractivity contribution is 5.85. The van der Waals surface area contributed by atoms with Gasteiger partial charge < -0.3 is 15.0 Å². The molecule has 3 rings (SSSR count). The molecule has 0 spiro atoms. The van der Waals surface area contributed by atoms with Gasteiger partial charge in [0, 0.05) is 36.8 Å². The predicted octanol–water partition coefficient (Wildman–Crippen LogP) is 2.52. The third kappa shape index (κ3) is 3.97. The van der Waals surface area contributed by atoms with Gasteiger partial charge in [0.25, 0.3) is 0 Å². The Morgan fingerprint density at radius 2 is 2.21 bits per heavy atom. The normalized spacial score (nSPS) is 19.0. The molecule has 1 aliphatic rings. The molecule has 0 aliphatic carbocycles. The molecule has 0 radical (unpaired) electrons. The van der Waals surface area contributed by atoms with Gasteiger partial charge in [0.2, 0.25) is 5.91 Å². The molecule has 5 nitrogen and oxygen atoms in total. The lowest BCUT2D eigenvalue weighted by Gasteiger charge is -2.32. The van der Waals surface area contributed by atoms with Crippen LogP contribution in [0.3, 0.4) is 0 Å². The van der Waals surface area contributed by atoms with Crippen molar-refractivity contribution in [3.05, 3.63) is 36.0 Å². The summed E-state index contributed by atoms with van der Waals surface area (Å²) in [6.07, 6.45) is 5.81. The number of fused-ring (bicyclic) bond motifs is 1. The van der Waals surface area contributed by atoms with E-state index in [-0.39, 0.29) is 12.5 Å². The third-order valence-corrected chi connectivity index (χ3v) is 4.61. The van der Waals surface area contributed by atoms with Crippen LogP contribution in [0.4, 0.5) is 0 Å². The molecule has 1 aliphatic heterocycles. The molecule has 1 saturated heterocycles. The van der Waals surface area contributed by atoms with E-state index in [0.29, 0.717) is 6.10 Å². The molecular formula is C19H27N3O2. The number of carbonyl (C=O) groups excluding carboxylic acids is 1. The fourth-order valence-electron chi connectivity index (χ4n) is 3.57. The molecule has 0 saturated carbocycles. The number of carbonyl (C=O) groups is 1. The SMILES string of the molecule is CCCO[C@H]1CCCN(Cc2cn(CC(N)=O)c3ccccc23)C1. The number of aromatic nitrogens is 1. The highest BCUT2D eigenvalue weighted by Gasteiger charge is 2.21. The summed E-state index contributed by atoms with van der Waals surface area (Å²) >= 11 is 0. The zero-order valence-corrected chi connectivity index (χ0v) is 14.4. The van der Waals surface area contributed by atoms with Crippen molar-refractivity contribution in [3.8, 4) is 0 Å². The van der Waals surface area contributed by atoms with Crippen LogP contribution in [0, 0.1) is 0 Å². The van der Waals surface area contributed by atoms with Crippen LogP contribution < -0.4 is 5.73 Å². The van der Waals surface area contributed by atoms with Gasteiger partial charge in [-0.3, -0.25) is 9.69 Å². The summed E-state index contributed by atoms with van der Waals surface area (Å²) in [7, 11) is 0. The molecule has 0 unspecified atom stereocenters. The van der Waals surface area contributed by atoms with Crippen LogP contribution in [0.2, 0.25) is 0 Å². The second-order valence-corrected chi connectivity index (χ2v) is 6.64. The summed E-state index contributed by atoms with van der Waals surface area (Å²) in [4.78, 5) is 13.8. The molecule has 1 aromatic carbocycles. The minimum absolute atomic E-state index is 0.225. The smallest absolute Gasteiger partial charge is 0.237 e. The zero-order valence-electron chi connectivity index (χ0n) is 14.4. The van der Waals surface area contributed by atoms with E-state index >= 15 is 0 Å². The van der Waals surface area contributed by atoms with E-state index in [0.717, 1.165) is 44.6 Å². The first-order chi connectivity index (χ1) is 11.7. The maximum Gasteiger partial charge on any atom is 0.237 e. The van der Waals surface area contributed by atoms with Crippen molar-refractivity contribution < 1.29 is 9.53 Å². The van der Waals surface area contributed by atoms with E-state index in [2.05, 4.69) is 24.1 Å². The minimum atomic E-state index is -0.312. The molecule has 130 valence electrons. The number of nitrogens with zero attached hydrogens (tertiary/aromatic N) is 2. The van der Waals surface area contributed by atoms with Gasteiger partial charge >= 0.3 is 0 Å². The molecule has 2 heterocycles. The first kappa shape index (κ1) is 17.0. The highest BCUT2D eigenvalue weighted by atomic mass is 16.5. The molecule has 24 heavy (non-hydrogen) atoms. The van der Waals surface area contributed by atoms with Crippen LogP contribution in [-0.2, 0) is 22.6 Å². The van der Waals surface area contributed by atoms with Gasteiger partial charge in [-0.05, 0) is 37.4 Å². The quantitative estimate of drug-likeness (QED) is 0.849. The van der Waals surface area contributed by atoms with Crippen LogP contribution >= 0.6 is 0 Å². The number of likely N-dealkylation sites (tertiary alicyclic amines) is 1. The Morgan fingerprint density at radius 1 is 1.38 bits per heavy atom. The zero-order chi connectivity index (χ0) is 16.9. The molecule has 2 aromatic rings. The molecule has 1 amide bonds. The van der Waals surface area contributed by atoms with E-state index in [1.807, 2.05) is 22.8 Å². The van der Waals surface area contributed by atoms with Gasteiger partial charge in [0.15, 0.2) is 0 Å². The van der Waals surface area contributed by atoms with E-state index in [9.17, 15) is 4.79 Å². The standard InChI is InChI=1S/C19H27N3O2/c1-2-10-24-16-6-5-9-21(13-16)11-15-12-22(14-19(20)23)18-8-4-3-7-17(15)18/h3-4,7-8,12,16H,2,5-6,9-11,13-14H2,1H3,(H2,20,23)/t16-/m0/s1. The van der Waals surface area contributed by atoms with Crippen molar-refractivity contribution in [2.75, 3.05) is 19.7 Å². The Labute approximate surface area is 143 Å². The van der Waals surface area contributed by atoms with E-state index in [4.69, 9.17) is 10.5 Å². The average Bonchev–Trinajstić information content (AvgIpc) is 2.91. The maximum atomic E-state index is 11.3. The fourth-order valence-corrected chi connectivity index (χ4v) is 3.57. The number of amides is 1. The molecule has 0 bridgehead atoms. The number of piperidine rings is 1. The van der Waals surface area contributed by atoms with Crippen molar-refractivity contribution >= 4 is 16.8 Å². The Hall–Kier alpha value is -1.85. The van der Waals surface area contributed by atoms with E-state index in [1.54, 1.807) is 0 Å². The molecule has 5 heteroatoms. The van der Waals surface area contributed by atoms with Crippen molar-refractivity contribution in [1.29, 1.82) is 0 Å². The number of hydrogen-bond acceptors (Lipinski definition) is 3. The van der Waals surface area contributed by atoms with Crippen LogP contribution in [0.1, 0.15) is 31.7 Å². The summed E-state index contributed by atoms with van der Waals surface area (Å²) in [5.41, 5.74) is 7.71. The van der Waals surface area contributed by atoms with E-state index < -0.39 is 0 Å². The van der Waals surface area contributed by atoms with Gasteiger partial charge in [0.05, 0.1) is 6.10 Å². The van der Waals surface area contributed by atoms with Gasteiger partial charge in [0.1, 0.15) is 6.54 Å². The lowest BCUT2D eigenvalue weighted by Crippen LogP contribution is -2.39. The Bertz CT molecular complexity index is 695. The maximum absolute atomic E-state index is 11.3. The summed E-state index contributed by atoms with van der Waals surface area (Å²) in [5.74, 6) is -0.312. The van der Waals surface area contributed by atoms with Crippen LogP contribution in [0.25, 0.3) is 10.9 Å². The van der Waals surface area contributed by atoms with Gasteiger partial charge in [-0.2, -0.15) is 0 Å². The van der Waals surface area contributed by atoms with Gasteiger partial charge in [-0.1, -0.05) is 25.1 Å². The Morgan fingerprint density at radius 3 is 3.00 bits per heavy atom. The number of rotatable bonds is 7. The highest BCUT2D eigenvalue weighted by Crippen LogP contribution is 2.24. The van der Waals surface area contributed by atoms with Gasteiger partial charge in [-0.25, -0.2) is 0 Å². The first-order valence-corrected chi connectivity index (χ1v) is 8.86. The molecular weight excluding hydrogens is 302 g/mol. The summed E-state index contributed by atoms with van der Waals surface area (Å²) < 4.78 is 7.90. The summed E-state index contributed by atoms with van der Waals surface area (Å²) in [6.45, 7) is 6.18. The van der Waals surface area contributed by atoms with Crippen molar-refractivity contribution in [1.82, 2.24) is 9.47 Å². The first-order valence-electron chi connectivity index (χ1n) is 8.86. The Kier molecular flexibility index (Phi) is 5.53. The second kappa shape index (κ2) is 7.81. The van der Waals surface area contributed by atoms with Crippen molar-refractivity contribution in [3.63, 3.8) is 0 Å². The van der Waals surface area contributed by atoms with Crippen LogP contribution in [-0.4, -0.2) is 41.2 Å². The minimum Gasteiger partial charge on any atom is -0.377 e. The summed E-state index contributed by atoms with van der Waals surface area (Å²) in [6, 6.07) is 8.21. The number of nitrogens with two attached hydrogens (primary N) is 1. The summed E-state index contributed by atoms with van der Waals surface area (Å²) in [5, 5.41) is 1.20.